The number of hydrogen-bond donors (Lipinski definition) is 1. The highest BCUT2D eigenvalue weighted by molar-refractivity contribution is 8.15. The molecule has 1 N–H and O–H groups in total. The fraction of sp³-hybridized carbons (Fsp3) is 0.389. The Morgan fingerprint density at radius 3 is 2.64 bits per heavy atom. The molecule has 3 rings (SSSR count). The number of hydrogen-bond acceptors (Lipinski definition) is 6. The molecular weight excluding hydrogens is 338 g/mol. The average Bonchev–Trinajstić information content (AvgIpc) is 3.14. The van der Waals surface area contributed by atoms with Crippen molar-refractivity contribution in [1.82, 2.24) is 10.2 Å². The van der Waals surface area contributed by atoms with E-state index in [0.29, 0.717) is 18.9 Å². The Morgan fingerprint density at radius 2 is 2.04 bits per heavy atom. The van der Waals surface area contributed by atoms with Crippen molar-refractivity contribution in [2.75, 3.05) is 20.2 Å². The summed E-state index contributed by atoms with van der Waals surface area (Å²) in [7, 11) is 2.01. The molecule has 0 aliphatic carbocycles. The molecule has 1 aromatic carbocycles. The minimum absolute atomic E-state index is 0.211. The van der Waals surface area contributed by atoms with E-state index in [9.17, 15) is 9.59 Å². The summed E-state index contributed by atoms with van der Waals surface area (Å²) in [5.74, 6) is 1.98. The number of nitrogens with one attached hydrogen (secondary N) is 1. The Labute approximate surface area is 151 Å². The highest BCUT2D eigenvalue weighted by Crippen LogP contribution is 2.23. The zero-order chi connectivity index (χ0) is 17.8. The number of carbonyl (C=O) groups is 2. The van der Waals surface area contributed by atoms with Gasteiger partial charge in [0, 0.05) is 19.2 Å². The first-order valence-electron chi connectivity index (χ1n) is 8.21. The number of imide groups is 1. The molecule has 1 saturated heterocycles. The third kappa shape index (κ3) is 4.42. The van der Waals surface area contributed by atoms with E-state index in [-0.39, 0.29) is 16.4 Å². The minimum atomic E-state index is -0.337. The Balaban J connectivity index is 1.45. The molecule has 2 unspecified atom stereocenters. The number of nitrogens with zero attached hydrogens (tertiary/aromatic N) is 2. The van der Waals surface area contributed by atoms with Gasteiger partial charge in [0.1, 0.15) is 18.2 Å². The van der Waals surface area contributed by atoms with Crippen molar-refractivity contribution >= 4 is 28.7 Å². The van der Waals surface area contributed by atoms with Gasteiger partial charge < -0.3 is 9.64 Å². The number of amidine groups is 1. The molecular formula is C18H21N3O3S. The number of ether oxygens (including phenoxy) is 1. The van der Waals surface area contributed by atoms with Gasteiger partial charge >= 0.3 is 0 Å². The Kier molecular flexibility index (Phi) is 5.43. The maximum Gasteiger partial charge on any atom is 0.286 e. The van der Waals surface area contributed by atoms with Crippen LogP contribution in [0.3, 0.4) is 0 Å². The molecule has 1 aromatic rings. The van der Waals surface area contributed by atoms with Gasteiger partial charge in [-0.15, -0.1) is 0 Å². The number of aliphatic imine (C=N–C) groups is 1. The normalized spacial score (nSPS) is 22.1. The zero-order valence-electron chi connectivity index (χ0n) is 14.3. The van der Waals surface area contributed by atoms with Crippen LogP contribution in [0.15, 0.2) is 41.5 Å². The van der Waals surface area contributed by atoms with E-state index in [1.807, 2.05) is 37.5 Å². The molecule has 7 heteroatoms. The third-order valence-corrected chi connectivity index (χ3v) is 5.17. The maximum absolute atomic E-state index is 11.6. The van der Waals surface area contributed by atoms with Crippen LogP contribution in [0.2, 0.25) is 0 Å². The molecule has 0 radical (unpaired) electrons. The fourth-order valence-corrected chi connectivity index (χ4v) is 3.64. The van der Waals surface area contributed by atoms with E-state index in [1.54, 1.807) is 0 Å². The third-order valence-electron chi connectivity index (χ3n) is 4.19. The summed E-state index contributed by atoms with van der Waals surface area (Å²) in [4.78, 5) is 29.3. The van der Waals surface area contributed by atoms with Gasteiger partial charge in [0.2, 0.25) is 5.91 Å². The summed E-state index contributed by atoms with van der Waals surface area (Å²) in [6.45, 7) is 3.44. The summed E-state index contributed by atoms with van der Waals surface area (Å²) >= 11 is 1.05. The van der Waals surface area contributed by atoms with E-state index in [0.717, 1.165) is 35.5 Å². The number of benzene rings is 1. The molecule has 2 atom stereocenters. The van der Waals surface area contributed by atoms with Crippen molar-refractivity contribution in [2.24, 2.45) is 10.9 Å². The summed E-state index contributed by atoms with van der Waals surface area (Å²) in [5, 5.41) is 1.70. The standard InChI is InChI=1S/C18H21N3O3S/c1-12-7-8-19-16(12)21(2)9-10-24-14-5-3-13(4-6-14)11-15-17(22)20-18(23)25-15/h3-8,12,15H,9-11H2,1-2H3,(H,20,22,23). The van der Waals surface area contributed by atoms with Crippen LogP contribution in [-0.2, 0) is 11.2 Å². The first-order valence-corrected chi connectivity index (χ1v) is 9.09. The smallest absolute Gasteiger partial charge is 0.286 e. The number of thioether (sulfide) groups is 1. The van der Waals surface area contributed by atoms with Crippen LogP contribution < -0.4 is 10.1 Å². The number of rotatable bonds is 6. The molecule has 2 heterocycles. The van der Waals surface area contributed by atoms with Crippen molar-refractivity contribution in [2.45, 2.75) is 18.6 Å². The van der Waals surface area contributed by atoms with Crippen LogP contribution in [0.5, 0.6) is 5.75 Å². The van der Waals surface area contributed by atoms with Crippen LogP contribution >= 0.6 is 11.8 Å². The summed E-state index contributed by atoms with van der Waals surface area (Å²) < 4.78 is 5.78. The lowest BCUT2D eigenvalue weighted by Gasteiger charge is -2.22. The molecule has 0 spiro atoms. The zero-order valence-corrected chi connectivity index (χ0v) is 15.1. The van der Waals surface area contributed by atoms with Crippen molar-refractivity contribution in [1.29, 1.82) is 0 Å². The largest absolute Gasteiger partial charge is 0.492 e. The lowest BCUT2D eigenvalue weighted by molar-refractivity contribution is -0.118. The second-order valence-electron chi connectivity index (χ2n) is 6.12. The van der Waals surface area contributed by atoms with Gasteiger partial charge in [-0.3, -0.25) is 14.9 Å². The predicted molar refractivity (Wildman–Crippen MR) is 98.9 cm³/mol. The van der Waals surface area contributed by atoms with Crippen LogP contribution in [0.25, 0.3) is 0 Å². The predicted octanol–water partition coefficient (Wildman–Crippen LogP) is 2.45. The van der Waals surface area contributed by atoms with Gasteiger partial charge in [-0.25, -0.2) is 4.99 Å². The highest BCUT2D eigenvalue weighted by Gasteiger charge is 2.31. The SMILES string of the molecule is CC1C=CN=C1N(C)CCOc1ccc(CC2SC(=O)NC2=O)cc1. The van der Waals surface area contributed by atoms with E-state index in [2.05, 4.69) is 28.2 Å². The summed E-state index contributed by atoms with van der Waals surface area (Å²) in [5.41, 5.74) is 1.01. The molecule has 2 aliphatic heterocycles. The van der Waals surface area contributed by atoms with Gasteiger partial charge in [-0.05, 0) is 24.1 Å². The van der Waals surface area contributed by atoms with Crippen molar-refractivity contribution in [3.8, 4) is 5.75 Å². The van der Waals surface area contributed by atoms with Crippen molar-refractivity contribution < 1.29 is 14.3 Å². The number of amides is 2. The second kappa shape index (κ2) is 7.74. The fourth-order valence-electron chi connectivity index (χ4n) is 2.78. The molecule has 2 aliphatic rings. The minimum Gasteiger partial charge on any atom is -0.492 e. The van der Waals surface area contributed by atoms with Crippen LogP contribution in [0.1, 0.15) is 12.5 Å². The molecule has 1 fully saturated rings. The Hall–Kier alpha value is -2.28. The quantitative estimate of drug-likeness (QED) is 0.845. The summed E-state index contributed by atoms with van der Waals surface area (Å²) in [6.07, 6.45) is 4.45. The van der Waals surface area contributed by atoms with Crippen molar-refractivity contribution in [3.05, 3.63) is 42.1 Å². The topological polar surface area (TPSA) is 71.0 Å². The second-order valence-corrected chi connectivity index (χ2v) is 7.29. The molecule has 25 heavy (non-hydrogen) atoms. The van der Waals surface area contributed by atoms with Gasteiger partial charge in [0.25, 0.3) is 5.24 Å². The molecule has 0 saturated carbocycles. The molecule has 132 valence electrons. The number of carbonyl (C=O) groups excluding carboxylic acids is 2. The Morgan fingerprint density at radius 1 is 1.28 bits per heavy atom. The first kappa shape index (κ1) is 17.5. The maximum atomic E-state index is 11.6. The summed E-state index contributed by atoms with van der Waals surface area (Å²) in [6, 6.07) is 7.66. The Bertz CT molecular complexity index is 715. The molecule has 0 bridgehead atoms. The van der Waals surface area contributed by atoms with Crippen LogP contribution in [0, 0.1) is 5.92 Å². The monoisotopic (exact) mass is 359 g/mol. The molecule has 2 amide bonds. The molecule has 6 nitrogen and oxygen atoms in total. The van der Waals surface area contributed by atoms with Gasteiger partial charge in [-0.2, -0.15) is 0 Å². The van der Waals surface area contributed by atoms with Gasteiger partial charge in [-0.1, -0.05) is 36.9 Å². The van der Waals surface area contributed by atoms with Gasteiger partial charge in [0.05, 0.1) is 11.8 Å². The van der Waals surface area contributed by atoms with Crippen LogP contribution in [-0.4, -0.2) is 47.3 Å². The van der Waals surface area contributed by atoms with E-state index in [4.69, 9.17) is 4.74 Å². The lowest BCUT2D eigenvalue weighted by Crippen LogP contribution is -2.33. The van der Waals surface area contributed by atoms with Crippen LogP contribution in [0.4, 0.5) is 4.79 Å². The molecule has 0 aromatic heterocycles. The van der Waals surface area contributed by atoms with E-state index in [1.165, 1.54) is 0 Å². The lowest BCUT2D eigenvalue weighted by atomic mass is 10.1. The van der Waals surface area contributed by atoms with E-state index < -0.39 is 0 Å². The average molecular weight is 359 g/mol. The first-order chi connectivity index (χ1) is 12.0. The van der Waals surface area contributed by atoms with E-state index >= 15 is 0 Å². The van der Waals surface area contributed by atoms with Gasteiger partial charge in [0.15, 0.2) is 0 Å². The van der Waals surface area contributed by atoms with Crippen molar-refractivity contribution in [3.63, 3.8) is 0 Å². The highest BCUT2D eigenvalue weighted by atomic mass is 32.2. The number of likely N-dealkylation sites (N-methyl/N-ethyl adjacent to an activating group) is 1.